The molecule has 1 aromatic heterocycles. The number of rotatable bonds is 6. The molecule has 0 radical (unpaired) electrons. The third-order valence-electron chi connectivity index (χ3n) is 2.02. The van der Waals surface area contributed by atoms with Gasteiger partial charge in [-0.05, 0) is 27.1 Å². The SMILES string of the molecule is CCNc1nc(SCCN(C)C)c(Cl)cc1Cl. The van der Waals surface area contributed by atoms with E-state index in [4.69, 9.17) is 23.2 Å². The first-order valence-electron chi connectivity index (χ1n) is 5.42. The van der Waals surface area contributed by atoms with Gasteiger partial charge in [-0.25, -0.2) is 4.98 Å². The van der Waals surface area contributed by atoms with Gasteiger partial charge >= 0.3 is 0 Å². The quantitative estimate of drug-likeness (QED) is 0.813. The van der Waals surface area contributed by atoms with E-state index in [1.165, 1.54) is 0 Å². The summed E-state index contributed by atoms with van der Waals surface area (Å²) < 4.78 is 0. The summed E-state index contributed by atoms with van der Waals surface area (Å²) in [7, 11) is 4.09. The minimum absolute atomic E-state index is 0.564. The van der Waals surface area contributed by atoms with E-state index in [9.17, 15) is 0 Å². The molecule has 0 saturated heterocycles. The second kappa shape index (κ2) is 7.31. The normalized spacial score (nSPS) is 10.9. The molecule has 0 atom stereocenters. The first kappa shape index (κ1) is 14.9. The maximum Gasteiger partial charge on any atom is 0.146 e. The molecule has 0 saturated carbocycles. The van der Waals surface area contributed by atoms with Crippen LogP contribution in [0.15, 0.2) is 11.1 Å². The number of nitrogens with zero attached hydrogens (tertiary/aromatic N) is 2. The predicted molar refractivity (Wildman–Crippen MR) is 77.7 cm³/mol. The summed E-state index contributed by atoms with van der Waals surface area (Å²) in [5.41, 5.74) is 0. The summed E-state index contributed by atoms with van der Waals surface area (Å²) in [6.45, 7) is 3.78. The van der Waals surface area contributed by atoms with E-state index in [1.807, 2.05) is 21.0 Å². The summed E-state index contributed by atoms with van der Waals surface area (Å²) in [5.74, 6) is 1.65. The molecule has 0 unspecified atom stereocenters. The number of anilines is 1. The van der Waals surface area contributed by atoms with Crippen LogP contribution in [0.1, 0.15) is 6.92 Å². The molecule has 1 heterocycles. The number of halogens is 2. The van der Waals surface area contributed by atoms with Gasteiger partial charge in [0.2, 0.25) is 0 Å². The maximum absolute atomic E-state index is 6.11. The molecule has 3 nitrogen and oxygen atoms in total. The highest BCUT2D eigenvalue weighted by atomic mass is 35.5. The van der Waals surface area contributed by atoms with Crippen LogP contribution in [0.25, 0.3) is 0 Å². The van der Waals surface area contributed by atoms with Crippen LogP contribution in [0.3, 0.4) is 0 Å². The first-order valence-corrected chi connectivity index (χ1v) is 7.16. The molecule has 1 N–H and O–H groups in total. The number of hydrogen-bond acceptors (Lipinski definition) is 4. The minimum Gasteiger partial charge on any atom is -0.369 e. The lowest BCUT2D eigenvalue weighted by atomic mass is 10.4. The Hall–Kier alpha value is -0.160. The Morgan fingerprint density at radius 2 is 2.06 bits per heavy atom. The highest BCUT2D eigenvalue weighted by molar-refractivity contribution is 7.99. The molecule has 96 valence electrons. The molecule has 1 rings (SSSR count). The second-order valence-electron chi connectivity index (χ2n) is 3.79. The summed E-state index contributed by atoms with van der Waals surface area (Å²) in [6.07, 6.45) is 0. The number of aromatic nitrogens is 1. The maximum atomic E-state index is 6.11. The molecule has 6 heteroatoms. The average molecular weight is 294 g/mol. The molecule has 17 heavy (non-hydrogen) atoms. The van der Waals surface area contributed by atoms with Crippen molar-refractivity contribution >= 4 is 40.8 Å². The number of pyridine rings is 1. The van der Waals surface area contributed by atoms with Crippen LogP contribution in [0.4, 0.5) is 5.82 Å². The summed E-state index contributed by atoms with van der Waals surface area (Å²) in [4.78, 5) is 6.55. The third-order valence-corrected chi connectivity index (χ3v) is 3.68. The molecule has 0 aliphatic rings. The zero-order chi connectivity index (χ0) is 12.8. The Balaban J connectivity index is 2.73. The summed E-state index contributed by atoms with van der Waals surface area (Å²) in [5, 5.41) is 5.12. The summed E-state index contributed by atoms with van der Waals surface area (Å²) in [6, 6.07) is 1.74. The van der Waals surface area contributed by atoms with E-state index >= 15 is 0 Å². The Morgan fingerprint density at radius 1 is 1.35 bits per heavy atom. The molecule has 0 amide bonds. The average Bonchev–Trinajstić information content (AvgIpc) is 2.24. The minimum atomic E-state index is 0.564. The lowest BCUT2D eigenvalue weighted by Gasteiger charge is -2.11. The summed E-state index contributed by atoms with van der Waals surface area (Å²) >= 11 is 13.8. The molecule has 0 aromatic carbocycles. The van der Waals surface area contributed by atoms with Gasteiger partial charge in [0.05, 0.1) is 10.0 Å². The molecule has 0 spiro atoms. The van der Waals surface area contributed by atoms with E-state index in [2.05, 4.69) is 15.2 Å². The van der Waals surface area contributed by atoms with Crippen molar-refractivity contribution in [3.8, 4) is 0 Å². The smallest absolute Gasteiger partial charge is 0.146 e. The van der Waals surface area contributed by atoms with Crippen molar-refractivity contribution in [2.45, 2.75) is 11.9 Å². The highest BCUT2D eigenvalue weighted by Gasteiger charge is 2.09. The van der Waals surface area contributed by atoms with Crippen LogP contribution in [-0.2, 0) is 0 Å². The largest absolute Gasteiger partial charge is 0.369 e. The molecular weight excluding hydrogens is 277 g/mol. The van der Waals surface area contributed by atoms with Crippen LogP contribution in [0.5, 0.6) is 0 Å². The van der Waals surface area contributed by atoms with Crippen LogP contribution >= 0.6 is 35.0 Å². The molecule has 0 bridgehead atoms. The number of nitrogens with one attached hydrogen (secondary N) is 1. The number of thioether (sulfide) groups is 1. The van der Waals surface area contributed by atoms with Crippen LogP contribution in [0, 0.1) is 0 Å². The van der Waals surface area contributed by atoms with Gasteiger partial charge in [0.25, 0.3) is 0 Å². The zero-order valence-electron chi connectivity index (χ0n) is 10.3. The van der Waals surface area contributed by atoms with Gasteiger partial charge in [0.15, 0.2) is 0 Å². The fourth-order valence-corrected chi connectivity index (χ4v) is 2.76. The van der Waals surface area contributed by atoms with E-state index in [0.717, 1.165) is 23.9 Å². The van der Waals surface area contributed by atoms with Crippen molar-refractivity contribution in [2.75, 3.05) is 38.3 Å². The van der Waals surface area contributed by atoms with Gasteiger partial charge in [-0.2, -0.15) is 0 Å². The van der Waals surface area contributed by atoms with Crippen LogP contribution in [-0.4, -0.2) is 42.8 Å². The Morgan fingerprint density at radius 3 is 2.65 bits per heavy atom. The monoisotopic (exact) mass is 293 g/mol. The van der Waals surface area contributed by atoms with Crippen LogP contribution in [0.2, 0.25) is 10.0 Å². The van der Waals surface area contributed by atoms with Crippen LogP contribution < -0.4 is 5.32 Å². The molecule has 0 aliphatic heterocycles. The van der Waals surface area contributed by atoms with Crippen molar-refractivity contribution < 1.29 is 0 Å². The van der Waals surface area contributed by atoms with E-state index in [1.54, 1.807) is 17.8 Å². The molecule has 0 fully saturated rings. The van der Waals surface area contributed by atoms with Gasteiger partial charge in [0.1, 0.15) is 10.8 Å². The Bertz CT molecular complexity index is 372. The van der Waals surface area contributed by atoms with E-state index in [0.29, 0.717) is 15.9 Å². The third kappa shape index (κ3) is 4.92. The topological polar surface area (TPSA) is 28.2 Å². The fourth-order valence-electron chi connectivity index (χ4n) is 1.17. The first-order chi connectivity index (χ1) is 8.04. The Labute approximate surface area is 117 Å². The zero-order valence-corrected chi connectivity index (χ0v) is 12.6. The van der Waals surface area contributed by atoms with Crippen molar-refractivity contribution in [2.24, 2.45) is 0 Å². The molecular formula is C11H17Cl2N3S. The van der Waals surface area contributed by atoms with Crippen molar-refractivity contribution in [1.82, 2.24) is 9.88 Å². The van der Waals surface area contributed by atoms with E-state index < -0.39 is 0 Å². The van der Waals surface area contributed by atoms with Gasteiger partial charge in [-0.15, -0.1) is 11.8 Å². The lowest BCUT2D eigenvalue weighted by molar-refractivity contribution is 0.437. The lowest BCUT2D eigenvalue weighted by Crippen LogP contribution is -2.14. The second-order valence-corrected chi connectivity index (χ2v) is 5.69. The molecule has 0 aliphatic carbocycles. The standard InChI is InChI=1S/C11H17Cl2N3S/c1-4-14-10-8(12)7-9(13)11(15-10)17-6-5-16(2)3/h7H,4-6H2,1-3H3,(H,14,15). The number of hydrogen-bond donors (Lipinski definition) is 1. The van der Waals surface area contributed by atoms with Crippen molar-refractivity contribution in [1.29, 1.82) is 0 Å². The van der Waals surface area contributed by atoms with Crippen molar-refractivity contribution in [3.05, 3.63) is 16.1 Å². The van der Waals surface area contributed by atoms with Gasteiger partial charge in [-0.3, -0.25) is 0 Å². The van der Waals surface area contributed by atoms with Gasteiger partial charge in [0, 0.05) is 18.8 Å². The highest BCUT2D eigenvalue weighted by Crippen LogP contribution is 2.31. The Kier molecular flexibility index (Phi) is 6.41. The molecule has 1 aromatic rings. The van der Waals surface area contributed by atoms with Gasteiger partial charge in [-0.1, -0.05) is 23.2 Å². The van der Waals surface area contributed by atoms with Gasteiger partial charge < -0.3 is 10.2 Å². The van der Waals surface area contributed by atoms with E-state index in [-0.39, 0.29) is 0 Å². The fraction of sp³-hybridized carbons (Fsp3) is 0.545. The van der Waals surface area contributed by atoms with Crippen molar-refractivity contribution in [3.63, 3.8) is 0 Å². The predicted octanol–water partition coefficient (Wildman–Crippen LogP) is 3.47.